The normalized spacial score (nSPS) is 12.6. The van der Waals surface area contributed by atoms with Gasteiger partial charge in [-0.1, -0.05) is 423 Å². The molecule has 0 bridgehead atoms. The summed E-state index contributed by atoms with van der Waals surface area (Å²) in [4.78, 5) is 24.6. The Morgan fingerprint density at radius 3 is 0.899 bits per heavy atom. The predicted octanol–water partition coefficient (Wildman–Crippen LogP) is 27.0. The third-order valence-electron chi connectivity index (χ3n) is 19.1. The molecule has 2 unspecified atom stereocenters. The van der Waals surface area contributed by atoms with Crippen molar-refractivity contribution in [1.82, 2.24) is 5.32 Å². The van der Waals surface area contributed by atoms with Gasteiger partial charge in [-0.3, -0.25) is 9.59 Å². The van der Waals surface area contributed by atoms with Gasteiger partial charge in [0.25, 0.3) is 0 Å². The molecule has 89 heavy (non-hydrogen) atoms. The Labute approximate surface area is 557 Å². The van der Waals surface area contributed by atoms with E-state index >= 15 is 0 Å². The summed E-state index contributed by atoms with van der Waals surface area (Å²) in [5.41, 5.74) is 0. The molecular formula is C83H159NO5. The number of esters is 1. The fourth-order valence-corrected chi connectivity index (χ4v) is 13.0. The van der Waals surface area contributed by atoms with Crippen molar-refractivity contribution in [3.05, 3.63) is 36.5 Å². The minimum atomic E-state index is -0.842. The smallest absolute Gasteiger partial charge is 0.305 e. The van der Waals surface area contributed by atoms with Gasteiger partial charge >= 0.3 is 5.97 Å². The summed E-state index contributed by atoms with van der Waals surface area (Å²) in [5.74, 6) is -0.0499. The summed E-state index contributed by atoms with van der Waals surface area (Å²) in [7, 11) is 0. The Bertz CT molecular complexity index is 1440. The number of nitrogens with one attached hydrogen (secondary N) is 1. The second-order valence-corrected chi connectivity index (χ2v) is 28.1. The van der Waals surface area contributed by atoms with Crippen LogP contribution in [0.1, 0.15) is 457 Å². The fourth-order valence-electron chi connectivity index (χ4n) is 13.0. The lowest BCUT2D eigenvalue weighted by molar-refractivity contribution is -0.143. The third-order valence-corrected chi connectivity index (χ3v) is 19.1. The Hall–Kier alpha value is -1.92. The molecule has 0 aromatic carbocycles. The molecule has 1 amide bonds. The first-order valence-electron chi connectivity index (χ1n) is 40.8. The molecule has 6 heteroatoms. The summed E-state index contributed by atoms with van der Waals surface area (Å²) in [5, 5.41) is 23.3. The monoisotopic (exact) mass is 1250 g/mol. The lowest BCUT2D eigenvalue weighted by Gasteiger charge is -2.20. The van der Waals surface area contributed by atoms with Crippen molar-refractivity contribution in [2.75, 3.05) is 13.2 Å². The van der Waals surface area contributed by atoms with Gasteiger partial charge in [-0.15, -0.1) is 0 Å². The molecule has 0 aliphatic carbocycles. The lowest BCUT2D eigenvalue weighted by Crippen LogP contribution is -2.45. The highest BCUT2D eigenvalue weighted by Gasteiger charge is 2.18. The van der Waals surface area contributed by atoms with Gasteiger partial charge in [0.1, 0.15) is 0 Å². The van der Waals surface area contributed by atoms with E-state index in [9.17, 15) is 19.8 Å². The van der Waals surface area contributed by atoms with Crippen molar-refractivity contribution in [3.8, 4) is 0 Å². The van der Waals surface area contributed by atoms with Gasteiger partial charge in [-0.2, -0.15) is 0 Å². The van der Waals surface area contributed by atoms with E-state index in [1.54, 1.807) is 6.08 Å². The molecule has 526 valence electrons. The van der Waals surface area contributed by atoms with Gasteiger partial charge in [-0.25, -0.2) is 0 Å². The Morgan fingerprint density at radius 2 is 0.584 bits per heavy atom. The number of hydrogen-bond donors (Lipinski definition) is 3. The minimum absolute atomic E-state index is 0.00757. The molecule has 0 saturated carbocycles. The number of ether oxygens (including phenoxy) is 1. The zero-order valence-electron chi connectivity index (χ0n) is 60.4. The lowest BCUT2D eigenvalue weighted by atomic mass is 10.0. The van der Waals surface area contributed by atoms with Crippen LogP contribution in [0.15, 0.2) is 36.5 Å². The first-order chi connectivity index (χ1) is 44.0. The van der Waals surface area contributed by atoms with E-state index in [0.717, 1.165) is 51.4 Å². The van der Waals surface area contributed by atoms with Crippen LogP contribution >= 0.6 is 0 Å². The van der Waals surface area contributed by atoms with E-state index < -0.39 is 12.1 Å². The molecule has 0 aliphatic heterocycles. The van der Waals surface area contributed by atoms with Crippen LogP contribution in [0, 0.1) is 0 Å². The Kier molecular flexibility index (Phi) is 76.8. The number of aliphatic hydroxyl groups is 2. The second-order valence-electron chi connectivity index (χ2n) is 28.1. The van der Waals surface area contributed by atoms with E-state index in [4.69, 9.17) is 4.74 Å². The predicted molar refractivity (Wildman–Crippen MR) is 393 cm³/mol. The van der Waals surface area contributed by atoms with Gasteiger partial charge < -0.3 is 20.3 Å². The van der Waals surface area contributed by atoms with Crippen LogP contribution in [0.3, 0.4) is 0 Å². The van der Waals surface area contributed by atoms with Crippen LogP contribution in [-0.2, 0) is 14.3 Å². The number of carbonyl (C=O) groups is 2. The average Bonchev–Trinajstić information content (AvgIpc) is 3.64. The van der Waals surface area contributed by atoms with Crippen LogP contribution in [0.4, 0.5) is 0 Å². The zero-order valence-corrected chi connectivity index (χ0v) is 60.4. The fraction of sp³-hybridized carbons (Fsp3) is 0.904. The van der Waals surface area contributed by atoms with Crippen LogP contribution in [0.5, 0.6) is 0 Å². The van der Waals surface area contributed by atoms with Crippen molar-refractivity contribution in [2.24, 2.45) is 0 Å². The highest BCUT2D eigenvalue weighted by Crippen LogP contribution is 2.20. The van der Waals surface area contributed by atoms with E-state index in [1.807, 2.05) is 6.08 Å². The van der Waals surface area contributed by atoms with Crippen molar-refractivity contribution < 1.29 is 24.5 Å². The van der Waals surface area contributed by atoms with E-state index in [0.29, 0.717) is 19.4 Å². The third kappa shape index (κ3) is 75.0. The molecule has 3 N–H and O–H groups in total. The van der Waals surface area contributed by atoms with Gasteiger partial charge in [-0.05, 0) is 57.8 Å². The molecule has 0 spiro atoms. The summed E-state index contributed by atoms with van der Waals surface area (Å²) >= 11 is 0. The molecule has 0 saturated heterocycles. The van der Waals surface area contributed by atoms with Gasteiger partial charge in [0.2, 0.25) is 5.91 Å². The molecule has 2 atom stereocenters. The highest BCUT2D eigenvalue weighted by atomic mass is 16.5. The van der Waals surface area contributed by atoms with Crippen molar-refractivity contribution in [3.63, 3.8) is 0 Å². The van der Waals surface area contributed by atoms with Gasteiger partial charge in [0.15, 0.2) is 0 Å². The Morgan fingerprint density at radius 1 is 0.315 bits per heavy atom. The van der Waals surface area contributed by atoms with Crippen molar-refractivity contribution in [2.45, 2.75) is 469 Å². The van der Waals surface area contributed by atoms with Crippen LogP contribution < -0.4 is 5.32 Å². The van der Waals surface area contributed by atoms with Crippen molar-refractivity contribution >= 4 is 11.9 Å². The number of amides is 1. The quantitative estimate of drug-likeness (QED) is 0.0320. The molecule has 0 aliphatic rings. The maximum Gasteiger partial charge on any atom is 0.305 e. The number of aliphatic hydroxyl groups excluding tert-OH is 2. The molecule has 6 nitrogen and oxygen atoms in total. The highest BCUT2D eigenvalue weighted by molar-refractivity contribution is 5.76. The zero-order chi connectivity index (χ0) is 64.2. The maximum absolute atomic E-state index is 12.6. The van der Waals surface area contributed by atoms with Crippen LogP contribution in [0.2, 0.25) is 0 Å². The maximum atomic E-state index is 12.6. The number of allylic oxidation sites excluding steroid dienone is 5. The standard InChI is InChI=1S/C83H159NO5/c1-3-5-7-9-11-13-15-17-18-19-20-21-22-36-39-42-45-48-52-55-59-63-67-71-75-81(86)80(79-85)84-82(87)76-72-68-64-60-56-53-49-46-43-40-37-34-32-30-28-26-24-23-25-27-29-31-33-35-38-41-44-47-50-54-58-62-66-70-74-78-89-83(88)77-73-69-65-61-57-51-16-14-12-10-8-6-4-2/h8,10,14,16,71,75,80-81,85-86H,3-7,9,11-13,15,17-70,72-74,76-79H2,1-2H3,(H,84,87)/b10-8-,16-14-,75-71+. The first kappa shape index (κ1) is 87.1. The van der Waals surface area contributed by atoms with Gasteiger partial charge in [0, 0.05) is 12.8 Å². The molecule has 0 fully saturated rings. The van der Waals surface area contributed by atoms with E-state index in [2.05, 4.69) is 43.5 Å². The SMILES string of the molecule is CCC/C=C\C/C=C\CCCCCCCC(=O)OCCCCCCCCCCCCCCCCCCCCCCCCCCCCCCCCCCCCCC(=O)NC(CO)C(O)/C=C/CCCCCCCCCCCCCCCCCCCCCCCC. The number of carbonyl (C=O) groups excluding carboxylic acids is 2. The van der Waals surface area contributed by atoms with Gasteiger partial charge in [0.05, 0.1) is 25.4 Å². The average molecular weight is 1250 g/mol. The number of hydrogen-bond acceptors (Lipinski definition) is 5. The molecule has 0 radical (unpaired) electrons. The molecule has 0 rings (SSSR count). The summed E-state index contributed by atoms with van der Waals surface area (Å²) in [6.45, 7) is 4.89. The van der Waals surface area contributed by atoms with Crippen molar-refractivity contribution in [1.29, 1.82) is 0 Å². The molecular weight excluding hydrogens is 1090 g/mol. The topological polar surface area (TPSA) is 95.9 Å². The molecule has 0 aromatic rings. The first-order valence-corrected chi connectivity index (χ1v) is 40.8. The van der Waals surface area contributed by atoms with E-state index in [1.165, 1.54) is 379 Å². The molecule has 0 heterocycles. The summed E-state index contributed by atoms with van der Waals surface area (Å²) < 4.78 is 5.48. The molecule has 0 aromatic heterocycles. The minimum Gasteiger partial charge on any atom is -0.466 e. The Balaban J connectivity index is 3.34. The second kappa shape index (κ2) is 78.5. The largest absolute Gasteiger partial charge is 0.466 e. The number of rotatable bonds is 77. The summed E-state index contributed by atoms with van der Waals surface area (Å²) in [6, 6.07) is -0.625. The summed E-state index contributed by atoms with van der Waals surface area (Å²) in [6.07, 6.45) is 103. The van der Waals surface area contributed by atoms with Crippen LogP contribution in [-0.4, -0.2) is 47.4 Å². The van der Waals surface area contributed by atoms with Crippen LogP contribution in [0.25, 0.3) is 0 Å². The number of unbranched alkanes of at least 4 members (excludes halogenated alkanes) is 62. The van der Waals surface area contributed by atoms with E-state index in [-0.39, 0.29) is 18.5 Å².